The van der Waals surface area contributed by atoms with E-state index in [9.17, 15) is 14.0 Å². The first-order chi connectivity index (χ1) is 16.9. The van der Waals surface area contributed by atoms with Crippen LogP contribution in [0.25, 0.3) is 21.7 Å². The number of nitrogens with one attached hydrogen (secondary N) is 1. The number of aromatic nitrogens is 2. The number of ether oxygens (including phenoxy) is 2. The van der Waals surface area contributed by atoms with Gasteiger partial charge in [-0.3, -0.25) is 14.6 Å². The number of rotatable bonds is 7. The highest BCUT2D eigenvalue weighted by Gasteiger charge is 2.17. The summed E-state index contributed by atoms with van der Waals surface area (Å²) < 4.78 is 25.3. The Bertz CT molecular complexity index is 1600. The zero-order chi connectivity index (χ0) is 24.5. The number of pyridine rings is 1. The van der Waals surface area contributed by atoms with Gasteiger partial charge in [-0.1, -0.05) is 11.6 Å². The molecule has 0 fully saturated rings. The van der Waals surface area contributed by atoms with Gasteiger partial charge in [-0.2, -0.15) is 0 Å². The fraction of sp³-hybridized carbons (Fsp3) is 0.0385. The van der Waals surface area contributed by atoms with Crippen LogP contribution in [0, 0.1) is 5.82 Å². The van der Waals surface area contributed by atoms with Crippen molar-refractivity contribution in [3.8, 4) is 17.2 Å². The summed E-state index contributed by atoms with van der Waals surface area (Å²) in [6.07, 6.45) is 4.83. The third-order valence-corrected chi connectivity index (χ3v) is 5.72. The van der Waals surface area contributed by atoms with Gasteiger partial charge in [0, 0.05) is 34.9 Å². The van der Waals surface area contributed by atoms with Crippen LogP contribution < -0.4 is 15.2 Å². The first-order valence-corrected chi connectivity index (χ1v) is 10.8. The van der Waals surface area contributed by atoms with Gasteiger partial charge in [-0.25, -0.2) is 4.39 Å². The van der Waals surface area contributed by atoms with Gasteiger partial charge in [0.05, 0.1) is 16.8 Å². The van der Waals surface area contributed by atoms with Gasteiger partial charge in [0.25, 0.3) is 5.91 Å². The molecule has 5 rings (SSSR count). The predicted molar refractivity (Wildman–Crippen MR) is 130 cm³/mol. The van der Waals surface area contributed by atoms with Gasteiger partial charge < -0.3 is 20.2 Å². The lowest BCUT2D eigenvalue weighted by Crippen LogP contribution is -2.16. The van der Waals surface area contributed by atoms with E-state index in [4.69, 9.17) is 26.8 Å². The highest BCUT2D eigenvalue weighted by Crippen LogP contribution is 2.31. The molecule has 0 spiro atoms. The number of carbonyl (C=O) groups excluding carboxylic acids is 2. The summed E-state index contributed by atoms with van der Waals surface area (Å²) in [5.74, 6) is -0.438. The van der Waals surface area contributed by atoms with Crippen LogP contribution in [0.5, 0.6) is 17.2 Å². The van der Waals surface area contributed by atoms with Crippen LogP contribution in [0.3, 0.4) is 0 Å². The second-order valence-corrected chi connectivity index (χ2v) is 8.15. The van der Waals surface area contributed by atoms with Gasteiger partial charge in [-0.05, 0) is 59.3 Å². The van der Waals surface area contributed by atoms with E-state index in [-0.39, 0.29) is 28.7 Å². The molecule has 0 radical (unpaired) electrons. The van der Waals surface area contributed by atoms with Crippen LogP contribution in [-0.4, -0.2) is 28.3 Å². The number of carbonyl (C=O) groups is 2. The van der Waals surface area contributed by atoms with Crippen LogP contribution in [0.4, 0.5) is 4.39 Å². The summed E-state index contributed by atoms with van der Waals surface area (Å²) in [6, 6.07) is 14.4. The van der Waals surface area contributed by atoms with Crippen molar-refractivity contribution in [3.05, 3.63) is 95.2 Å². The molecule has 0 saturated heterocycles. The van der Waals surface area contributed by atoms with E-state index in [1.54, 1.807) is 48.9 Å². The van der Waals surface area contributed by atoms with E-state index in [0.717, 1.165) is 0 Å². The smallest absolute Gasteiger partial charge is 0.252 e. The van der Waals surface area contributed by atoms with Crippen LogP contribution >= 0.6 is 11.6 Å². The summed E-state index contributed by atoms with van der Waals surface area (Å²) in [4.78, 5) is 32.0. The average molecular weight is 490 g/mol. The van der Waals surface area contributed by atoms with E-state index in [1.807, 2.05) is 0 Å². The number of halogens is 2. The summed E-state index contributed by atoms with van der Waals surface area (Å²) in [7, 11) is 0. The van der Waals surface area contributed by atoms with E-state index in [1.165, 1.54) is 24.3 Å². The number of nitrogens with zero attached hydrogens (tertiary/aromatic N) is 1. The first-order valence-electron chi connectivity index (χ1n) is 10.5. The molecule has 9 heteroatoms. The van der Waals surface area contributed by atoms with E-state index in [2.05, 4.69) is 9.97 Å². The van der Waals surface area contributed by atoms with Crippen LogP contribution in [0.15, 0.2) is 73.2 Å². The standard InChI is InChI=1S/C26H17ClFN3O4/c27-21-7-14-6-19(26(29)33)25(9-15(14)8-22(21)28)34-13-24(32)20-12-31-23-10-16(3-4-18(20)23)35-17-2-1-5-30-11-17/h1-12,31H,13H2,(H2,29,33). The molecule has 7 nitrogen and oxygen atoms in total. The molecule has 0 aliphatic carbocycles. The molecular weight excluding hydrogens is 473 g/mol. The number of primary amides is 1. The number of nitrogens with two attached hydrogens (primary N) is 1. The van der Waals surface area contributed by atoms with Crippen molar-refractivity contribution in [2.75, 3.05) is 6.61 Å². The number of ketones is 1. The lowest BCUT2D eigenvalue weighted by molar-refractivity contribution is 0.0914. The number of benzene rings is 3. The number of fused-ring (bicyclic) bond motifs is 2. The SMILES string of the molecule is NC(=O)c1cc2cc(Cl)c(F)cc2cc1OCC(=O)c1c[nH]c2cc(Oc3cccnc3)ccc12. The van der Waals surface area contributed by atoms with Crippen LogP contribution in [-0.2, 0) is 0 Å². The largest absolute Gasteiger partial charge is 0.485 e. The maximum Gasteiger partial charge on any atom is 0.252 e. The number of Topliss-reactive ketones (excluding diaryl/α,β-unsaturated/α-hetero) is 1. The summed E-state index contributed by atoms with van der Waals surface area (Å²) in [6.45, 7) is -0.358. The van der Waals surface area contributed by atoms with Crippen molar-refractivity contribution in [1.29, 1.82) is 0 Å². The normalized spacial score (nSPS) is 11.0. The molecule has 0 bridgehead atoms. The Hall–Kier alpha value is -4.43. The van der Waals surface area contributed by atoms with Gasteiger partial charge in [-0.15, -0.1) is 0 Å². The minimum Gasteiger partial charge on any atom is -0.485 e. The highest BCUT2D eigenvalue weighted by molar-refractivity contribution is 6.31. The van der Waals surface area contributed by atoms with Crippen molar-refractivity contribution in [1.82, 2.24) is 9.97 Å². The molecular formula is C26H17ClFN3O4. The molecule has 1 amide bonds. The number of aromatic amines is 1. The van der Waals surface area contributed by atoms with E-state index in [0.29, 0.717) is 38.7 Å². The zero-order valence-electron chi connectivity index (χ0n) is 18.0. The average Bonchev–Trinajstić information content (AvgIpc) is 3.27. The third-order valence-electron chi connectivity index (χ3n) is 5.43. The van der Waals surface area contributed by atoms with Gasteiger partial charge in [0.15, 0.2) is 6.61 Å². The Kier molecular flexibility index (Phi) is 5.80. The van der Waals surface area contributed by atoms with Gasteiger partial charge in [0.1, 0.15) is 23.1 Å². The number of amides is 1. The predicted octanol–water partition coefficient (Wildman–Crippen LogP) is 5.66. The molecule has 0 atom stereocenters. The van der Waals surface area contributed by atoms with Crippen molar-refractivity contribution >= 4 is 45.0 Å². The fourth-order valence-corrected chi connectivity index (χ4v) is 3.92. The summed E-state index contributed by atoms with van der Waals surface area (Å²) >= 11 is 5.84. The minimum absolute atomic E-state index is 0.0593. The molecule has 0 aliphatic rings. The first kappa shape index (κ1) is 22.4. The number of H-pyrrole nitrogens is 1. The number of hydrogen-bond donors (Lipinski definition) is 2. The lowest BCUT2D eigenvalue weighted by Gasteiger charge is -2.11. The molecule has 0 aliphatic heterocycles. The topological polar surface area (TPSA) is 107 Å². The molecule has 2 heterocycles. The van der Waals surface area contributed by atoms with Crippen LogP contribution in [0.2, 0.25) is 5.02 Å². The Morgan fingerprint density at radius 3 is 2.63 bits per heavy atom. The van der Waals surface area contributed by atoms with Crippen molar-refractivity contribution < 1.29 is 23.5 Å². The Labute approximate surface area is 203 Å². The molecule has 2 aromatic heterocycles. The molecule has 174 valence electrons. The second-order valence-electron chi connectivity index (χ2n) is 7.74. The quantitative estimate of drug-likeness (QED) is 0.287. The lowest BCUT2D eigenvalue weighted by atomic mass is 10.0. The fourth-order valence-electron chi connectivity index (χ4n) is 3.75. The van der Waals surface area contributed by atoms with Crippen LogP contribution in [0.1, 0.15) is 20.7 Å². The van der Waals surface area contributed by atoms with Crippen molar-refractivity contribution in [3.63, 3.8) is 0 Å². The Morgan fingerprint density at radius 1 is 1.03 bits per heavy atom. The third kappa shape index (κ3) is 4.51. The Balaban J connectivity index is 1.38. The molecule has 35 heavy (non-hydrogen) atoms. The molecule has 0 unspecified atom stereocenters. The second kappa shape index (κ2) is 9.08. The summed E-state index contributed by atoms with van der Waals surface area (Å²) in [5, 5.41) is 1.57. The van der Waals surface area contributed by atoms with E-state index >= 15 is 0 Å². The maximum atomic E-state index is 13.9. The van der Waals surface area contributed by atoms with Crippen molar-refractivity contribution in [2.24, 2.45) is 5.73 Å². The Morgan fingerprint density at radius 2 is 1.86 bits per heavy atom. The highest BCUT2D eigenvalue weighted by atomic mass is 35.5. The molecule has 5 aromatic rings. The van der Waals surface area contributed by atoms with Crippen molar-refractivity contribution in [2.45, 2.75) is 0 Å². The van der Waals surface area contributed by atoms with Gasteiger partial charge in [0.2, 0.25) is 5.78 Å². The summed E-state index contributed by atoms with van der Waals surface area (Å²) in [5.41, 5.74) is 6.66. The molecule has 0 saturated carbocycles. The number of hydrogen-bond acceptors (Lipinski definition) is 5. The monoisotopic (exact) mass is 489 g/mol. The van der Waals surface area contributed by atoms with E-state index < -0.39 is 11.7 Å². The zero-order valence-corrected chi connectivity index (χ0v) is 18.8. The molecule has 3 N–H and O–H groups in total. The minimum atomic E-state index is -0.747. The molecule has 3 aromatic carbocycles. The van der Waals surface area contributed by atoms with Gasteiger partial charge >= 0.3 is 0 Å². The maximum absolute atomic E-state index is 13.9.